The van der Waals surface area contributed by atoms with E-state index in [0.717, 1.165) is 16.9 Å². The number of halogens is 1. The third kappa shape index (κ3) is 5.10. The fourth-order valence-electron chi connectivity index (χ4n) is 3.30. The van der Waals surface area contributed by atoms with Gasteiger partial charge in [0, 0.05) is 5.56 Å². The minimum Gasteiger partial charge on any atom is -0.495 e. The highest BCUT2D eigenvalue weighted by Crippen LogP contribution is 2.33. The lowest BCUT2D eigenvalue weighted by Gasteiger charge is -2.15. The summed E-state index contributed by atoms with van der Waals surface area (Å²) in [4.78, 5) is 29.0. The molecule has 4 aromatic rings. The second kappa shape index (κ2) is 10.7. The molecule has 7 nitrogen and oxygen atoms in total. The van der Waals surface area contributed by atoms with Crippen LogP contribution in [0.2, 0.25) is 0 Å². The Hall–Kier alpha value is -4.11. The van der Waals surface area contributed by atoms with E-state index in [0.29, 0.717) is 10.9 Å². The average molecular weight is 477 g/mol. The topological polar surface area (TPSA) is 85.2 Å². The Bertz CT molecular complexity index is 1310. The summed E-state index contributed by atoms with van der Waals surface area (Å²) in [7, 11) is 1.59. The quantitative estimate of drug-likeness (QED) is 0.308. The van der Waals surface area contributed by atoms with E-state index in [1.807, 2.05) is 59.2 Å². The smallest absolute Gasteiger partial charge is 0.272 e. The summed E-state index contributed by atoms with van der Waals surface area (Å²) >= 11 is 1.19. The van der Waals surface area contributed by atoms with E-state index < -0.39 is 17.6 Å². The number of nitrogens with one attached hydrogen (secondary N) is 2. The Kier molecular flexibility index (Phi) is 7.24. The molecule has 4 rings (SSSR count). The summed E-state index contributed by atoms with van der Waals surface area (Å²) in [6, 6.07) is 22.8. The molecular weight excluding hydrogens is 455 g/mol. The lowest BCUT2D eigenvalue weighted by atomic mass is 10.1. The van der Waals surface area contributed by atoms with Crippen molar-refractivity contribution >= 4 is 23.6 Å². The van der Waals surface area contributed by atoms with Crippen LogP contribution in [0.25, 0.3) is 16.9 Å². The lowest BCUT2D eigenvalue weighted by Crippen LogP contribution is -2.42. The monoisotopic (exact) mass is 476 g/mol. The summed E-state index contributed by atoms with van der Waals surface area (Å²) in [5.41, 5.74) is 6.95. The summed E-state index contributed by atoms with van der Waals surface area (Å²) in [6.45, 7) is 0. The fraction of sp³-hybridized carbons (Fsp3) is 0.0800. The molecule has 0 aliphatic heterocycles. The lowest BCUT2D eigenvalue weighted by molar-refractivity contribution is -0.119. The first-order valence-electron chi connectivity index (χ1n) is 10.3. The number of ether oxygens (including phenoxy) is 1. The van der Waals surface area contributed by atoms with E-state index in [1.165, 1.54) is 36.0 Å². The van der Waals surface area contributed by atoms with Crippen LogP contribution in [0.15, 0.2) is 90.2 Å². The van der Waals surface area contributed by atoms with Gasteiger partial charge in [0.05, 0.1) is 36.0 Å². The maximum Gasteiger partial charge on any atom is 0.272 e. The van der Waals surface area contributed by atoms with E-state index >= 15 is 0 Å². The van der Waals surface area contributed by atoms with Crippen LogP contribution in [0, 0.1) is 5.82 Å². The van der Waals surface area contributed by atoms with Gasteiger partial charge in [0.15, 0.2) is 5.16 Å². The molecule has 9 heteroatoms. The molecule has 2 amide bonds. The van der Waals surface area contributed by atoms with E-state index in [1.54, 1.807) is 13.3 Å². The van der Waals surface area contributed by atoms with Crippen LogP contribution in [-0.4, -0.2) is 34.2 Å². The largest absolute Gasteiger partial charge is 0.495 e. The van der Waals surface area contributed by atoms with Crippen molar-refractivity contribution in [2.75, 3.05) is 12.9 Å². The Morgan fingerprint density at radius 1 is 0.971 bits per heavy atom. The molecule has 1 heterocycles. The second-order valence-electron chi connectivity index (χ2n) is 7.07. The summed E-state index contributed by atoms with van der Waals surface area (Å²) in [6.07, 6.45) is 1.74. The number of amides is 2. The molecule has 0 fully saturated rings. The third-order valence-electron chi connectivity index (χ3n) is 4.89. The van der Waals surface area contributed by atoms with Gasteiger partial charge in [-0.2, -0.15) is 0 Å². The maximum absolute atomic E-state index is 13.7. The highest BCUT2D eigenvalue weighted by molar-refractivity contribution is 7.99. The molecule has 0 aliphatic rings. The molecule has 0 aliphatic carbocycles. The number of hydrogen-bond donors (Lipinski definition) is 2. The van der Waals surface area contributed by atoms with E-state index in [9.17, 15) is 14.0 Å². The van der Waals surface area contributed by atoms with Gasteiger partial charge in [-0.3, -0.25) is 25.0 Å². The van der Waals surface area contributed by atoms with Crippen LogP contribution in [-0.2, 0) is 4.79 Å². The molecule has 2 N–H and O–H groups in total. The van der Waals surface area contributed by atoms with Gasteiger partial charge in [-0.25, -0.2) is 9.37 Å². The molecule has 0 atom stereocenters. The molecule has 0 unspecified atom stereocenters. The molecule has 0 spiro atoms. The van der Waals surface area contributed by atoms with Crippen molar-refractivity contribution < 1.29 is 18.7 Å². The van der Waals surface area contributed by atoms with Gasteiger partial charge in [0.1, 0.15) is 11.6 Å². The van der Waals surface area contributed by atoms with Crippen molar-refractivity contribution in [1.82, 2.24) is 20.4 Å². The zero-order chi connectivity index (χ0) is 23.9. The minimum atomic E-state index is -0.738. The van der Waals surface area contributed by atoms with Gasteiger partial charge in [0.25, 0.3) is 5.91 Å². The normalized spacial score (nSPS) is 10.5. The predicted molar refractivity (Wildman–Crippen MR) is 128 cm³/mol. The average Bonchev–Trinajstić information content (AvgIpc) is 3.30. The highest BCUT2D eigenvalue weighted by Gasteiger charge is 2.18. The number of thioether (sulfide) groups is 1. The Morgan fingerprint density at radius 3 is 2.44 bits per heavy atom. The van der Waals surface area contributed by atoms with Crippen molar-refractivity contribution in [1.29, 1.82) is 0 Å². The zero-order valence-corrected chi connectivity index (χ0v) is 19.0. The standard InChI is InChI=1S/C25H21FN4O3S/c1-33-22-14-8-7-13-20(22)30-21(17-9-3-2-4-10-17)15-27-25(30)34-16-23(31)28-29-24(32)18-11-5-6-12-19(18)26/h2-15H,16H2,1H3,(H,28,31)(H,29,32). The number of methoxy groups -OCH3 is 1. The number of carbonyl (C=O) groups is 2. The van der Waals surface area contributed by atoms with E-state index in [2.05, 4.69) is 15.8 Å². The second-order valence-corrected chi connectivity index (χ2v) is 8.01. The van der Waals surface area contributed by atoms with Gasteiger partial charge in [0.2, 0.25) is 5.91 Å². The van der Waals surface area contributed by atoms with Crippen molar-refractivity contribution in [3.63, 3.8) is 0 Å². The molecule has 0 saturated heterocycles. The molecule has 0 saturated carbocycles. The molecular formula is C25H21FN4O3S. The van der Waals surface area contributed by atoms with Crippen LogP contribution in [0.3, 0.4) is 0 Å². The Morgan fingerprint density at radius 2 is 1.68 bits per heavy atom. The van der Waals surface area contributed by atoms with Crippen LogP contribution < -0.4 is 15.6 Å². The molecule has 34 heavy (non-hydrogen) atoms. The third-order valence-corrected chi connectivity index (χ3v) is 5.84. The Balaban J connectivity index is 1.52. The maximum atomic E-state index is 13.7. The molecule has 3 aromatic carbocycles. The SMILES string of the molecule is COc1ccccc1-n1c(-c2ccccc2)cnc1SCC(=O)NNC(=O)c1ccccc1F. The molecule has 1 aromatic heterocycles. The number of imidazole rings is 1. The van der Waals surface area contributed by atoms with Crippen molar-refractivity contribution in [2.45, 2.75) is 5.16 Å². The van der Waals surface area contributed by atoms with Gasteiger partial charge in [-0.05, 0) is 24.3 Å². The number of carbonyl (C=O) groups excluding carboxylic acids is 2. The first-order valence-corrected chi connectivity index (χ1v) is 11.3. The molecule has 0 radical (unpaired) electrons. The van der Waals surface area contributed by atoms with Gasteiger partial charge >= 0.3 is 0 Å². The molecule has 172 valence electrons. The number of hydrogen-bond acceptors (Lipinski definition) is 5. The summed E-state index contributed by atoms with van der Waals surface area (Å²) in [5.74, 6) is -1.25. The summed E-state index contributed by atoms with van der Waals surface area (Å²) < 4.78 is 21.2. The number of hydrazine groups is 1. The first kappa shape index (κ1) is 23.1. The highest BCUT2D eigenvalue weighted by atomic mass is 32.2. The van der Waals surface area contributed by atoms with Gasteiger partial charge in [-0.15, -0.1) is 0 Å². The van der Waals surface area contributed by atoms with Gasteiger partial charge in [-0.1, -0.05) is 66.4 Å². The van der Waals surface area contributed by atoms with Crippen LogP contribution in [0.5, 0.6) is 5.75 Å². The first-order chi connectivity index (χ1) is 16.6. The van der Waals surface area contributed by atoms with Crippen molar-refractivity contribution in [3.8, 4) is 22.7 Å². The van der Waals surface area contributed by atoms with Gasteiger partial charge < -0.3 is 4.74 Å². The van der Waals surface area contributed by atoms with Crippen molar-refractivity contribution in [3.05, 3.63) is 96.4 Å². The molecule has 0 bridgehead atoms. The number of aromatic nitrogens is 2. The number of benzene rings is 3. The fourth-order valence-corrected chi connectivity index (χ4v) is 4.09. The van der Waals surface area contributed by atoms with Crippen LogP contribution in [0.4, 0.5) is 4.39 Å². The Labute approximate surface area is 199 Å². The predicted octanol–water partition coefficient (Wildman–Crippen LogP) is 4.24. The van der Waals surface area contributed by atoms with Crippen LogP contribution >= 0.6 is 11.8 Å². The number of nitrogens with zero attached hydrogens (tertiary/aromatic N) is 2. The minimum absolute atomic E-state index is 0.0298. The zero-order valence-electron chi connectivity index (χ0n) is 18.2. The summed E-state index contributed by atoms with van der Waals surface area (Å²) in [5, 5.41) is 0.568. The number of rotatable bonds is 7. The number of para-hydroxylation sites is 2. The van der Waals surface area contributed by atoms with Crippen LogP contribution in [0.1, 0.15) is 10.4 Å². The van der Waals surface area contributed by atoms with E-state index in [-0.39, 0.29) is 11.3 Å². The van der Waals surface area contributed by atoms with E-state index in [4.69, 9.17) is 4.74 Å². The van der Waals surface area contributed by atoms with Crippen molar-refractivity contribution in [2.24, 2.45) is 0 Å².